The minimum atomic E-state index is -2.95. The first-order chi connectivity index (χ1) is 23.0. The highest BCUT2D eigenvalue weighted by Gasteiger charge is 2.54. The summed E-state index contributed by atoms with van der Waals surface area (Å²) >= 11 is 6.45. The van der Waals surface area contributed by atoms with Crippen LogP contribution in [-0.4, -0.2) is 96.6 Å². The minimum Gasteiger partial charge on any atom is -0.458 e. The van der Waals surface area contributed by atoms with Gasteiger partial charge in [0, 0.05) is 13.1 Å². The molecule has 4 atom stereocenters. The van der Waals surface area contributed by atoms with E-state index in [9.17, 15) is 4.79 Å². The molecule has 0 spiro atoms. The number of nitrogens with zero attached hydrogens (tertiary/aromatic N) is 5. The van der Waals surface area contributed by atoms with Crippen LogP contribution in [0.3, 0.4) is 0 Å². The summed E-state index contributed by atoms with van der Waals surface area (Å²) in [6.45, 7) is 17.6. The monoisotopic (exact) mass is 713 g/mol. The van der Waals surface area contributed by atoms with Gasteiger partial charge < -0.3 is 23.5 Å². The van der Waals surface area contributed by atoms with Gasteiger partial charge in [0.15, 0.2) is 0 Å². The van der Waals surface area contributed by atoms with Gasteiger partial charge in [-0.1, -0.05) is 81.4 Å². The Kier molecular flexibility index (Phi) is 10.9. The number of benzene rings is 2. The topological polar surface area (TPSA) is 99.1 Å². The first-order valence-electron chi connectivity index (χ1n) is 16.9. The number of carbonyl (C=O) groups is 1. The van der Waals surface area contributed by atoms with Crippen LogP contribution < -0.4 is 20.0 Å². The molecule has 266 valence electrons. The molecule has 2 saturated heterocycles. The zero-order valence-electron chi connectivity index (χ0n) is 29.8. The molecule has 2 fully saturated rings. The second-order valence-corrected chi connectivity index (χ2v) is 19.7. The summed E-state index contributed by atoms with van der Waals surface area (Å²) in [5.74, 6) is 0.289. The maximum absolute atomic E-state index is 15.2. The number of hydrogen-bond acceptors (Lipinski definition) is 9. The number of alkyl halides is 1. The zero-order chi connectivity index (χ0) is 35.6. The predicted molar refractivity (Wildman–Crippen MR) is 191 cm³/mol. The third kappa shape index (κ3) is 8.36. The van der Waals surface area contributed by atoms with Gasteiger partial charge in [-0.2, -0.15) is 15.0 Å². The summed E-state index contributed by atoms with van der Waals surface area (Å²) in [7, 11) is -2.95. The molecule has 1 aromatic heterocycles. The van der Waals surface area contributed by atoms with E-state index in [0.717, 1.165) is 10.4 Å². The van der Waals surface area contributed by atoms with Crippen LogP contribution in [0.15, 0.2) is 60.7 Å². The number of aromatic nitrogens is 3. The molecule has 0 N–H and O–H groups in total. The molecule has 0 aliphatic carbocycles. The van der Waals surface area contributed by atoms with Gasteiger partial charge >= 0.3 is 12.1 Å². The molecule has 3 heterocycles. The molecular formula is C36H49ClFN5O5Si. The van der Waals surface area contributed by atoms with Crippen molar-refractivity contribution in [1.82, 2.24) is 19.9 Å². The van der Waals surface area contributed by atoms with Gasteiger partial charge in [0.2, 0.25) is 11.2 Å². The first-order valence-corrected chi connectivity index (χ1v) is 19.2. The molecule has 13 heteroatoms. The smallest absolute Gasteiger partial charge is 0.410 e. The Balaban J connectivity index is 1.43. The molecule has 0 radical (unpaired) electrons. The quantitative estimate of drug-likeness (QED) is 0.268. The van der Waals surface area contributed by atoms with Crippen LogP contribution in [0.5, 0.6) is 6.01 Å². The lowest BCUT2D eigenvalue weighted by atomic mass is 10.1. The second kappa shape index (κ2) is 14.5. The second-order valence-electron chi connectivity index (χ2n) is 15.2. The summed E-state index contributed by atoms with van der Waals surface area (Å²) in [4.78, 5) is 29.6. The Bertz CT molecular complexity index is 1540. The van der Waals surface area contributed by atoms with Gasteiger partial charge in [0.05, 0.1) is 25.4 Å². The van der Waals surface area contributed by atoms with Crippen molar-refractivity contribution in [3.05, 3.63) is 65.9 Å². The normalized spacial score (nSPS) is 22.8. The molecule has 3 aromatic rings. The summed E-state index contributed by atoms with van der Waals surface area (Å²) in [6, 6.07) is 20.0. The van der Waals surface area contributed by atoms with Crippen molar-refractivity contribution in [2.75, 3.05) is 37.7 Å². The van der Waals surface area contributed by atoms with Crippen molar-refractivity contribution < 1.29 is 27.8 Å². The molecular weight excluding hydrogens is 665 g/mol. The summed E-state index contributed by atoms with van der Waals surface area (Å²) in [5, 5.41) is 2.01. The van der Waals surface area contributed by atoms with Gasteiger partial charge in [-0.3, -0.25) is 4.90 Å². The number of rotatable bonds is 8. The van der Waals surface area contributed by atoms with Crippen LogP contribution in [0.25, 0.3) is 0 Å². The fraction of sp³-hybridized carbons (Fsp3) is 0.556. The first kappa shape index (κ1) is 36.9. The molecule has 2 aliphatic rings. The van der Waals surface area contributed by atoms with Gasteiger partial charge in [-0.25, -0.2) is 9.18 Å². The number of likely N-dealkylation sites (tertiary alicyclic amines) is 1. The van der Waals surface area contributed by atoms with Crippen LogP contribution in [0.1, 0.15) is 61.8 Å². The third-order valence-electron chi connectivity index (χ3n) is 8.89. The molecule has 49 heavy (non-hydrogen) atoms. The van der Waals surface area contributed by atoms with Crippen LogP contribution in [0, 0.1) is 0 Å². The largest absolute Gasteiger partial charge is 0.458 e. The van der Waals surface area contributed by atoms with Gasteiger partial charge in [-0.05, 0) is 68.1 Å². The fourth-order valence-corrected chi connectivity index (χ4v) is 11.8. The number of hydrogen-bond donors (Lipinski definition) is 0. The van der Waals surface area contributed by atoms with E-state index >= 15 is 4.39 Å². The van der Waals surface area contributed by atoms with Gasteiger partial charge in [-0.15, -0.1) is 0 Å². The summed E-state index contributed by atoms with van der Waals surface area (Å²) in [6.07, 6.45) is -2.51. The Morgan fingerprint density at radius 2 is 1.61 bits per heavy atom. The molecule has 2 aromatic carbocycles. The predicted octanol–water partition coefficient (Wildman–Crippen LogP) is 5.81. The van der Waals surface area contributed by atoms with E-state index in [1.54, 1.807) is 27.7 Å². The van der Waals surface area contributed by atoms with Crippen LogP contribution >= 0.6 is 11.6 Å². The van der Waals surface area contributed by atoms with E-state index in [1.807, 2.05) is 17.0 Å². The van der Waals surface area contributed by atoms with Crippen molar-refractivity contribution in [3.63, 3.8) is 0 Å². The van der Waals surface area contributed by atoms with Crippen LogP contribution in [-0.2, 0) is 13.9 Å². The molecule has 0 bridgehead atoms. The number of carbonyl (C=O) groups excluding carboxylic acids is 1. The maximum Gasteiger partial charge on any atom is 0.410 e. The number of halogens is 2. The highest BCUT2D eigenvalue weighted by Crippen LogP contribution is 2.40. The molecule has 0 saturated carbocycles. The van der Waals surface area contributed by atoms with Crippen molar-refractivity contribution in [3.8, 4) is 6.01 Å². The summed E-state index contributed by atoms with van der Waals surface area (Å²) < 4.78 is 40.6. The third-order valence-corrected chi connectivity index (χ3v) is 14.3. The van der Waals surface area contributed by atoms with Crippen molar-refractivity contribution in [2.24, 2.45) is 0 Å². The fourth-order valence-electron chi connectivity index (χ4n) is 6.85. The average Bonchev–Trinajstić information content (AvgIpc) is 3.31. The SMILES string of the molecule is C[C@@H](Oc1nc(Cl)nc(N2CCOC[C@@](C)(O[Si](c3ccccc3)(c3ccccc3)C(C)(C)C)C2)n1)[C@@H]1[C@H](F)CCN1C(=O)OC(C)(C)C. The zero-order valence-corrected chi connectivity index (χ0v) is 31.5. The van der Waals surface area contributed by atoms with Crippen LogP contribution in [0.2, 0.25) is 10.3 Å². The van der Waals surface area contributed by atoms with E-state index < -0.39 is 43.9 Å². The Labute approximate surface area is 295 Å². The van der Waals surface area contributed by atoms with E-state index in [0.29, 0.717) is 26.3 Å². The van der Waals surface area contributed by atoms with E-state index in [1.165, 1.54) is 4.90 Å². The lowest BCUT2D eigenvalue weighted by Crippen LogP contribution is -2.70. The molecule has 10 nitrogen and oxygen atoms in total. The highest BCUT2D eigenvalue weighted by atomic mass is 35.5. The van der Waals surface area contributed by atoms with Crippen molar-refractivity contribution in [2.45, 2.75) is 96.4 Å². The Morgan fingerprint density at radius 1 is 1.00 bits per heavy atom. The minimum absolute atomic E-state index is 0.0643. The number of anilines is 1. The molecule has 2 aliphatic heterocycles. The average molecular weight is 714 g/mol. The molecule has 1 amide bonds. The van der Waals surface area contributed by atoms with Crippen molar-refractivity contribution >= 4 is 42.3 Å². The highest BCUT2D eigenvalue weighted by molar-refractivity contribution is 6.99. The van der Waals surface area contributed by atoms with E-state index in [2.05, 4.69) is 91.2 Å². The molecule has 0 unspecified atom stereocenters. The Morgan fingerprint density at radius 3 is 2.18 bits per heavy atom. The van der Waals surface area contributed by atoms with E-state index in [4.69, 9.17) is 30.2 Å². The maximum atomic E-state index is 15.2. The Hall–Kier alpha value is -3.32. The van der Waals surface area contributed by atoms with E-state index in [-0.39, 0.29) is 35.2 Å². The molecule has 5 rings (SSSR count). The number of ether oxygens (including phenoxy) is 3. The summed E-state index contributed by atoms with van der Waals surface area (Å²) in [5.41, 5.74) is -1.50. The van der Waals surface area contributed by atoms with Crippen molar-refractivity contribution in [1.29, 1.82) is 0 Å². The van der Waals surface area contributed by atoms with Crippen LogP contribution in [0.4, 0.5) is 15.1 Å². The standard InChI is InChI=1S/C36H49ClFN5O5Si/c1-25(29-28(38)19-20-43(29)33(44)47-34(2,3)4)46-32-40-30(37)39-31(41-32)42-21-22-45-24-36(8,23-42)48-49(35(5,6)7,26-15-11-9-12-16-26)27-17-13-10-14-18-27/h9-18,25,28-29H,19-24H2,1-8H3/t25-,28-,29-,36+/m1/s1. The number of amides is 1. The van der Waals surface area contributed by atoms with Gasteiger partial charge in [0.1, 0.15) is 23.9 Å². The lowest BCUT2D eigenvalue weighted by Gasteiger charge is -2.48. The van der Waals surface area contributed by atoms with Gasteiger partial charge in [0.25, 0.3) is 8.32 Å². The lowest BCUT2D eigenvalue weighted by molar-refractivity contribution is -0.000412.